The van der Waals surface area contributed by atoms with Gasteiger partial charge in [-0.15, -0.1) is 0 Å². The molecule has 1 fully saturated rings. The summed E-state index contributed by atoms with van der Waals surface area (Å²) in [4.78, 5) is 41.3. The van der Waals surface area contributed by atoms with E-state index in [-0.39, 0.29) is 19.0 Å². The topological polar surface area (TPSA) is 74.1 Å². The molecule has 0 radical (unpaired) electrons. The number of halogens is 1. The number of benzene rings is 1. The Bertz CT molecular complexity index is 819. The van der Waals surface area contributed by atoms with Crippen LogP contribution in [0.25, 0.3) is 0 Å². The maximum atomic E-state index is 12.7. The van der Waals surface area contributed by atoms with Crippen LogP contribution in [0.2, 0.25) is 5.02 Å². The largest absolute Gasteiger partial charge is 0.467 e. The van der Waals surface area contributed by atoms with Gasteiger partial charge in [-0.05, 0) is 43.3 Å². The van der Waals surface area contributed by atoms with Gasteiger partial charge < -0.3 is 9.32 Å². The van der Waals surface area contributed by atoms with Crippen LogP contribution in [0.1, 0.15) is 12.7 Å². The fourth-order valence-electron chi connectivity index (χ4n) is 2.79. The van der Waals surface area contributed by atoms with E-state index in [1.165, 1.54) is 16.1 Å². The van der Waals surface area contributed by atoms with Gasteiger partial charge >= 0.3 is 6.03 Å². The number of likely N-dealkylation sites (N-methyl/N-ethyl adjacent to an activating group) is 1. The quantitative estimate of drug-likeness (QED) is 0.753. The molecule has 4 amide bonds. The number of furan rings is 1. The molecule has 0 bridgehead atoms. The third-order valence-corrected chi connectivity index (χ3v) is 4.50. The average Bonchev–Trinajstić information content (AvgIpc) is 3.19. The van der Waals surface area contributed by atoms with Crippen molar-refractivity contribution in [1.29, 1.82) is 0 Å². The lowest BCUT2D eigenvalue weighted by atomic mass is 10.2. The van der Waals surface area contributed by atoms with E-state index in [0.717, 1.165) is 4.90 Å². The second kappa shape index (κ2) is 7.21. The second-order valence-electron chi connectivity index (χ2n) is 6.06. The number of rotatable bonds is 5. The first-order valence-corrected chi connectivity index (χ1v) is 8.42. The summed E-state index contributed by atoms with van der Waals surface area (Å²) in [6.07, 6.45) is 1.52. The number of anilines is 1. The van der Waals surface area contributed by atoms with E-state index in [2.05, 4.69) is 0 Å². The van der Waals surface area contributed by atoms with Crippen molar-refractivity contribution >= 4 is 35.1 Å². The van der Waals surface area contributed by atoms with Crippen LogP contribution in [0.5, 0.6) is 0 Å². The molecule has 1 aromatic heterocycles. The summed E-state index contributed by atoms with van der Waals surface area (Å²) >= 11 is 5.87. The Morgan fingerprint density at radius 3 is 2.54 bits per heavy atom. The Morgan fingerprint density at radius 2 is 1.92 bits per heavy atom. The highest BCUT2D eigenvalue weighted by Crippen LogP contribution is 2.27. The van der Waals surface area contributed by atoms with Gasteiger partial charge in [-0.1, -0.05) is 11.6 Å². The van der Waals surface area contributed by atoms with Crippen molar-refractivity contribution in [3.05, 3.63) is 53.4 Å². The highest BCUT2D eigenvalue weighted by atomic mass is 35.5. The van der Waals surface area contributed by atoms with E-state index in [1.807, 2.05) is 0 Å². The predicted octanol–water partition coefficient (Wildman–Crippen LogP) is 2.75. The van der Waals surface area contributed by atoms with Crippen LogP contribution in [0.4, 0.5) is 10.5 Å². The van der Waals surface area contributed by atoms with Gasteiger partial charge in [-0.2, -0.15) is 0 Å². The minimum atomic E-state index is -0.688. The number of carbonyl (C=O) groups is 3. The number of amides is 4. The summed E-state index contributed by atoms with van der Waals surface area (Å²) in [5.41, 5.74) is 0.555. The van der Waals surface area contributed by atoms with Crippen LogP contribution >= 0.6 is 11.6 Å². The molecule has 1 atom stereocenters. The van der Waals surface area contributed by atoms with Crippen LogP contribution in [-0.2, 0) is 16.1 Å². The van der Waals surface area contributed by atoms with Crippen molar-refractivity contribution in [2.45, 2.75) is 19.5 Å². The fourth-order valence-corrected chi connectivity index (χ4v) is 2.91. The molecule has 2 aromatic rings. The molecule has 3 rings (SSSR count). The van der Waals surface area contributed by atoms with E-state index in [1.54, 1.807) is 50.4 Å². The normalized spacial score (nSPS) is 17.1. The summed E-state index contributed by atoms with van der Waals surface area (Å²) in [6.45, 7) is 1.58. The van der Waals surface area contributed by atoms with Crippen molar-refractivity contribution < 1.29 is 18.8 Å². The van der Waals surface area contributed by atoms with Gasteiger partial charge in [-0.25, -0.2) is 4.79 Å². The van der Waals surface area contributed by atoms with Gasteiger partial charge in [0.2, 0.25) is 5.91 Å². The zero-order chi connectivity index (χ0) is 18.8. The Hall–Kier alpha value is -2.80. The highest BCUT2D eigenvalue weighted by molar-refractivity contribution is 6.30. The van der Waals surface area contributed by atoms with Crippen molar-refractivity contribution in [3.63, 3.8) is 0 Å². The van der Waals surface area contributed by atoms with E-state index in [9.17, 15) is 14.4 Å². The van der Waals surface area contributed by atoms with Crippen LogP contribution in [0.3, 0.4) is 0 Å². The van der Waals surface area contributed by atoms with Gasteiger partial charge in [0.1, 0.15) is 18.3 Å². The van der Waals surface area contributed by atoms with E-state index < -0.39 is 18.0 Å². The lowest BCUT2D eigenvalue weighted by molar-refractivity contribution is -0.136. The lowest BCUT2D eigenvalue weighted by Crippen LogP contribution is -2.42. The summed E-state index contributed by atoms with van der Waals surface area (Å²) in [6, 6.07) is 8.89. The van der Waals surface area contributed by atoms with Crippen molar-refractivity contribution in [2.24, 2.45) is 0 Å². The third kappa shape index (κ3) is 3.43. The molecule has 1 aliphatic rings. The van der Waals surface area contributed by atoms with Crippen LogP contribution in [-0.4, -0.2) is 47.3 Å². The highest BCUT2D eigenvalue weighted by Gasteiger charge is 2.44. The summed E-state index contributed by atoms with van der Waals surface area (Å²) < 4.78 is 5.21. The molecule has 8 heteroatoms. The number of hydrogen-bond donors (Lipinski definition) is 0. The molecular formula is C18H18ClN3O4. The first kappa shape index (κ1) is 18.0. The van der Waals surface area contributed by atoms with Gasteiger partial charge in [0.15, 0.2) is 0 Å². The monoisotopic (exact) mass is 375 g/mol. The van der Waals surface area contributed by atoms with E-state index >= 15 is 0 Å². The summed E-state index contributed by atoms with van der Waals surface area (Å²) in [5.74, 6) is -0.144. The van der Waals surface area contributed by atoms with Gasteiger partial charge in [-0.3, -0.25) is 19.4 Å². The molecule has 0 aliphatic carbocycles. The average molecular weight is 376 g/mol. The minimum absolute atomic E-state index is 0.262. The van der Waals surface area contributed by atoms with Gasteiger partial charge in [0.05, 0.1) is 12.8 Å². The number of nitrogens with zero attached hydrogens (tertiary/aromatic N) is 3. The molecule has 2 heterocycles. The number of carbonyl (C=O) groups excluding carboxylic acids is 3. The molecule has 1 aliphatic heterocycles. The number of urea groups is 1. The number of imide groups is 1. The predicted molar refractivity (Wildman–Crippen MR) is 95.7 cm³/mol. The molecule has 26 heavy (non-hydrogen) atoms. The Labute approximate surface area is 155 Å². The number of hydrogen-bond acceptors (Lipinski definition) is 4. The molecule has 0 N–H and O–H groups in total. The molecule has 1 aromatic carbocycles. The molecule has 1 saturated heterocycles. The van der Waals surface area contributed by atoms with Crippen LogP contribution < -0.4 is 4.90 Å². The first-order valence-electron chi connectivity index (χ1n) is 8.05. The third-order valence-electron chi connectivity index (χ3n) is 4.24. The SMILES string of the molecule is CC1C(=O)N(CC(=O)N(C)Cc2ccco2)C(=O)N1c1ccc(Cl)cc1. The molecule has 136 valence electrons. The summed E-state index contributed by atoms with van der Waals surface area (Å²) in [5, 5.41) is 0.533. The fraction of sp³-hybridized carbons (Fsp3) is 0.278. The van der Waals surface area contributed by atoms with E-state index in [4.69, 9.17) is 16.0 Å². The molecular weight excluding hydrogens is 358 g/mol. The second-order valence-corrected chi connectivity index (χ2v) is 6.49. The van der Waals surface area contributed by atoms with E-state index in [0.29, 0.717) is 16.5 Å². The zero-order valence-corrected chi connectivity index (χ0v) is 15.1. The first-order chi connectivity index (χ1) is 12.4. The van der Waals surface area contributed by atoms with Crippen molar-refractivity contribution in [1.82, 2.24) is 9.80 Å². The maximum absolute atomic E-state index is 12.7. The Balaban J connectivity index is 1.71. The Morgan fingerprint density at radius 1 is 1.23 bits per heavy atom. The van der Waals surface area contributed by atoms with Crippen molar-refractivity contribution in [2.75, 3.05) is 18.5 Å². The Kier molecular flexibility index (Phi) is 4.99. The summed E-state index contributed by atoms with van der Waals surface area (Å²) in [7, 11) is 1.59. The molecule has 7 nitrogen and oxygen atoms in total. The maximum Gasteiger partial charge on any atom is 0.332 e. The molecule has 0 saturated carbocycles. The smallest absolute Gasteiger partial charge is 0.332 e. The molecule has 1 unspecified atom stereocenters. The standard InChI is InChI=1S/C18H18ClN3O4/c1-12-17(24)21(11-16(23)20(2)10-15-4-3-9-26-15)18(25)22(12)14-7-5-13(19)6-8-14/h3-9,12H,10-11H2,1-2H3. The van der Waals surface area contributed by atoms with Gasteiger partial charge in [0, 0.05) is 17.8 Å². The zero-order valence-electron chi connectivity index (χ0n) is 14.4. The lowest BCUT2D eigenvalue weighted by Gasteiger charge is -2.21. The minimum Gasteiger partial charge on any atom is -0.467 e. The van der Waals surface area contributed by atoms with Crippen molar-refractivity contribution in [3.8, 4) is 0 Å². The van der Waals surface area contributed by atoms with Crippen LogP contribution in [0, 0.1) is 0 Å². The molecule has 0 spiro atoms. The van der Waals surface area contributed by atoms with Crippen LogP contribution in [0.15, 0.2) is 47.1 Å². The van der Waals surface area contributed by atoms with Gasteiger partial charge in [0.25, 0.3) is 5.91 Å².